The second-order valence-electron chi connectivity index (χ2n) is 4.80. The van der Waals surface area contributed by atoms with Crippen molar-refractivity contribution >= 4 is 27.5 Å². The molecule has 108 valence electrons. The van der Waals surface area contributed by atoms with Gasteiger partial charge in [0.05, 0.1) is 0 Å². The highest BCUT2D eigenvalue weighted by atomic mass is 16.3. The Hall–Kier alpha value is -3.14. The summed E-state index contributed by atoms with van der Waals surface area (Å²) in [5, 5.41) is 14.0. The lowest BCUT2D eigenvalue weighted by Crippen LogP contribution is -1.63. The molecule has 0 aliphatic heterocycles. The van der Waals surface area contributed by atoms with Crippen molar-refractivity contribution in [2.24, 2.45) is 5.18 Å². The topological polar surface area (TPSA) is 65.4 Å². The van der Waals surface area contributed by atoms with Crippen molar-refractivity contribution in [2.75, 3.05) is 0 Å². The zero-order valence-corrected chi connectivity index (χ0v) is 11.7. The fourth-order valence-electron chi connectivity index (χ4n) is 2.34. The van der Waals surface area contributed by atoms with Gasteiger partial charge >= 0.3 is 0 Å². The third kappa shape index (κ3) is 2.67. The van der Waals surface area contributed by atoms with Crippen LogP contribution in [0.3, 0.4) is 0 Å². The first-order chi connectivity index (χ1) is 10.8. The highest BCUT2D eigenvalue weighted by Crippen LogP contribution is 2.24. The van der Waals surface area contributed by atoms with Crippen molar-refractivity contribution in [3.05, 3.63) is 77.7 Å². The van der Waals surface area contributed by atoms with Gasteiger partial charge in [-0.05, 0) is 29.4 Å². The minimum Gasteiger partial charge on any atom is -0.506 e. The van der Waals surface area contributed by atoms with Gasteiger partial charge in [0.25, 0.3) is 0 Å². The molecule has 1 aromatic heterocycles. The number of benzene rings is 3. The van der Waals surface area contributed by atoms with E-state index in [2.05, 4.69) is 58.7 Å². The maximum atomic E-state index is 9.82. The summed E-state index contributed by atoms with van der Waals surface area (Å²) in [5.74, 6) is -0.0764. The number of H-pyrrole nitrogens is 1. The summed E-state index contributed by atoms with van der Waals surface area (Å²) in [6, 6.07) is 22.9. The van der Waals surface area contributed by atoms with Crippen molar-refractivity contribution in [3.63, 3.8) is 0 Å². The lowest BCUT2D eigenvalue weighted by molar-refractivity contribution is 0.477. The van der Waals surface area contributed by atoms with Crippen molar-refractivity contribution in [1.82, 2.24) is 4.98 Å². The Morgan fingerprint density at radius 2 is 1.23 bits per heavy atom. The fraction of sp³-hybridized carbons (Fsp3) is 0. The van der Waals surface area contributed by atoms with E-state index >= 15 is 0 Å². The summed E-state index contributed by atoms with van der Waals surface area (Å²) in [6.07, 6.45) is 0. The Morgan fingerprint density at radius 1 is 0.727 bits per heavy atom. The number of phenols is 1. The summed E-state index contributed by atoms with van der Waals surface area (Å²) in [5.41, 5.74) is 2.50. The van der Waals surface area contributed by atoms with Gasteiger partial charge in [0, 0.05) is 21.8 Å². The second kappa shape index (κ2) is 6.10. The molecule has 0 atom stereocenters. The van der Waals surface area contributed by atoms with Crippen LogP contribution in [-0.4, -0.2) is 10.1 Å². The van der Waals surface area contributed by atoms with E-state index in [-0.39, 0.29) is 11.4 Å². The smallest absolute Gasteiger partial charge is 0.149 e. The average molecular weight is 290 g/mol. The van der Waals surface area contributed by atoms with Crippen LogP contribution in [0.4, 0.5) is 5.69 Å². The molecule has 0 saturated carbocycles. The normalized spacial score (nSPS) is 10.2. The number of rotatable bonds is 1. The lowest BCUT2D eigenvalue weighted by atomic mass is 10.2. The second-order valence-corrected chi connectivity index (χ2v) is 4.80. The van der Waals surface area contributed by atoms with Gasteiger partial charge in [0.1, 0.15) is 11.4 Å². The number of fused-ring (bicyclic) bond motifs is 3. The Kier molecular flexibility index (Phi) is 3.83. The molecule has 0 spiro atoms. The maximum Gasteiger partial charge on any atom is 0.149 e. The first-order valence-electron chi connectivity index (χ1n) is 6.86. The van der Waals surface area contributed by atoms with Crippen LogP contribution in [0.2, 0.25) is 0 Å². The zero-order chi connectivity index (χ0) is 15.4. The van der Waals surface area contributed by atoms with Crippen LogP contribution in [0.5, 0.6) is 5.75 Å². The molecule has 22 heavy (non-hydrogen) atoms. The minimum absolute atomic E-state index is 0.0764. The quantitative estimate of drug-likeness (QED) is 0.478. The summed E-state index contributed by atoms with van der Waals surface area (Å²) >= 11 is 0. The summed E-state index contributed by atoms with van der Waals surface area (Å²) in [7, 11) is 0. The summed E-state index contributed by atoms with van der Waals surface area (Å²) in [6.45, 7) is 0. The monoisotopic (exact) mass is 290 g/mol. The molecule has 0 bridgehead atoms. The van der Waals surface area contributed by atoms with E-state index in [1.54, 1.807) is 12.1 Å². The first kappa shape index (κ1) is 13.8. The number of nitrogens with zero attached hydrogens (tertiary/aromatic N) is 1. The molecule has 4 aromatic rings. The molecule has 0 unspecified atom stereocenters. The number of hydrogen-bond donors (Lipinski definition) is 2. The number of phenolic OH excluding ortho intramolecular Hbond substituents is 1. The van der Waals surface area contributed by atoms with E-state index in [4.69, 9.17) is 5.11 Å². The van der Waals surface area contributed by atoms with Crippen LogP contribution in [0.25, 0.3) is 21.8 Å². The van der Waals surface area contributed by atoms with E-state index < -0.39 is 0 Å². The third-order valence-electron chi connectivity index (χ3n) is 3.39. The van der Waals surface area contributed by atoms with Crippen LogP contribution >= 0.6 is 0 Å². The number of hydrogen-bond acceptors (Lipinski definition) is 3. The van der Waals surface area contributed by atoms with Gasteiger partial charge in [-0.1, -0.05) is 48.5 Å². The molecule has 0 aliphatic rings. The number of aromatic hydroxyl groups is 1. The van der Waals surface area contributed by atoms with E-state index in [1.807, 2.05) is 0 Å². The number of para-hydroxylation sites is 3. The molecular formula is C18H14N2O2. The van der Waals surface area contributed by atoms with Crippen molar-refractivity contribution in [2.45, 2.75) is 0 Å². The first-order valence-corrected chi connectivity index (χ1v) is 6.86. The Bertz CT molecular complexity index is 878. The van der Waals surface area contributed by atoms with Gasteiger partial charge < -0.3 is 10.1 Å². The van der Waals surface area contributed by atoms with Crippen LogP contribution in [0.15, 0.2) is 78.0 Å². The van der Waals surface area contributed by atoms with E-state index in [0.29, 0.717) is 0 Å². The number of aromatic nitrogens is 1. The van der Waals surface area contributed by atoms with E-state index in [0.717, 1.165) is 0 Å². The third-order valence-corrected chi connectivity index (χ3v) is 3.39. The highest BCUT2D eigenvalue weighted by molar-refractivity contribution is 6.06. The van der Waals surface area contributed by atoms with E-state index in [1.165, 1.54) is 33.9 Å². The molecule has 1 heterocycles. The average Bonchev–Trinajstić information content (AvgIpc) is 2.95. The molecule has 0 aliphatic carbocycles. The van der Waals surface area contributed by atoms with Crippen molar-refractivity contribution in [1.29, 1.82) is 0 Å². The lowest BCUT2D eigenvalue weighted by Gasteiger charge is -1.89. The van der Waals surface area contributed by atoms with Crippen molar-refractivity contribution in [3.8, 4) is 5.75 Å². The van der Waals surface area contributed by atoms with Gasteiger partial charge in [-0.2, -0.15) is 0 Å². The molecule has 2 N–H and O–H groups in total. The number of aromatic amines is 1. The van der Waals surface area contributed by atoms with Gasteiger partial charge in [-0.25, -0.2) is 0 Å². The Labute approximate surface area is 127 Å². The van der Waals surface area contributed by atoms with Crippen molar-refractivity contribution < 1.29 is 5.11 Å². The minimum atomic E-state index is -0.0764. The largest absolute Gasteiger partial charge is 0.506 e. The van der Waals surface area contributed by atoms with Gasteiger partial charge in [0.2, 0.25) is 0 Å². The molecule has 4 heteroatoms. The SMILES string of the molecule is O=Nc1ccccc1O.c1ccc2c(c1)[nH]c1ccccc12. The molecule has 0 amide bonds. The Balaban J connectivity index is 0.000000142. The number of nitroso groups, excluding NO2 is 1. The predicted molar refractivity (Wildman–Crippen MR) is 89.4 cm³/mol. The van der Waals surface area contributed by atoms with Gasteiger partial charge in [0.15, 0.2) is 0 Å². The van der Waals surface area contributed by atoms with Gasteiger partial charge in [-0.3, -0.25) is 0 Å². The molecular weight excluding hydrogens is 276 g/mol. The molecule has 4 rings (SSSR count). The van der Waals surface area contributed by atoms with E-state index in [9.17, 15) is 4.91 Å². The predicted octanol–water partition coefficient (Wildman–Crippen LogP) is 5.11. The standard InChI is InChI=1S/C12H9N.C6H5NO2/c1-3-7-11-9(5-1)10-6-2-4-8-12(10)13-11;8-6-4-2-1-3-5(6)7-9/h1-8,13H;1-4,8H. The van der Waals surface area contributed by atoms with Crippen LogP contribution < -0.4 is 0 Å². The van der Waals surface area contributed by atoms with Crippen LogP contribution in [-0.2, 0) is 0 Å². The molecule has 0 saturated heterocycles. The summed E-state index contributed by atoms with van der Waals surface area (Å²) < 4.78 is 0. The molecule has 0 radical (unpaired) electrons. The van der Waals surface area contributed by atoms with Gasteiger partial charge in [-0.15, -0.1) is 4.91 Å². The molecule has 4 nitrogen and oxygen atoms in total. The maximum absolute atomic E-state index is 9.82. The molecule has 0 fully saturated rings. The van der Waals surface area contributed by atoms with Crippen LogP contribution in [0, 0.1) is 4.91 Å². The highest BCUT2D eigenvalue weighted by Gasteiger charge is 2.00. The fourth-order valence-corrected chi connectivity index (χ4v) is 2.34. The molecule has 3 aromatic carbocycles. The van der Waals surface area contributed by atoms with Crippen LogP contribution in [0.1, 0.15) is 0 Å². The number of nitrogens with one attached hydrogen (secondary N) is 1. The summed E-state index contributed by atoms with van der Waals surface area (Å²) in [4.78, 5) is 13.2. The Morgan fingerprint density at radius 3 is 1.73 bits per heavy atom. The zero-order valence-electron chi connectivity index (χ0n) is 11.7.